The van der Waals surface area contributed by atoms with Crippen molar-refractivity contribution in [3.05, 3.63) is 59.2 Å². The maximum absolute atomic E-state index is 11.2. The van der Waals surface area contributed by atoms with Crippen molar-refractivity contribution < 1.29 is 34.4 Å². The fraction of sp³-hybridized carbons (Fsp3) is 0. The number of rotatable bonds is 5. The molecule has 3 N–H and O–H groups in total. The molecule has 112 valence electrons. The lowest BCUT2D eigenvalue weighted by Crippen LogP contribution is -2.05. The molecule has 0 bridgehead atoms. The lowest BCUT2D eigenvalue weighted by atomic mass is 10.1. The van der Waals surface area contributed by atoms with Gasteiger partial charge < -0.3 is 20.1 Å². The smallest absolute Gasteiger partial charge is 0.339 e. The first kappa shape index (κ1) is 15.0. The summed E-state index contributed by atoms with van der Waals surface area (Å²) in [5.41, 5.74) is -0.613. The molecule has 0 fully saturated rings. The van der Waals surface area contributed by atoms with Gasteiger partial charge in [-0.15, -0.1) is 0 Å². The molecule has 2 aromatic carbocycles. The van der Waals surface area contributed by atoms with Crippen molar-refractivity contribution in [3.8, 4) is 11.5 Å². The Kier molecular flexibility index (Phi) is 4.08. The molecule has 0 heterocycles. The minimum Gasteiger partial charge on any atom is -0.478 e. The molecule has 0 aromatic heterocycles. The van der Waals surface area contributed by atoms with E-state index in [9.17, 15) is 14.4 Å². The van der Waals surface area contributed by atoms with Gasteiger partial charge in [-0.1, -0.05) is 12.1 Å². The monoisotopic (exact) mass is 302 g/mol. The maximum atomic E-state index is 11.2. The third-order valence-electron chi connectivity index (χ3n) is 2.80. The van der Waals surface area contributed by atoms with Crippen LogP contribution in [0.3, 0.4) is 0 Å². The van der Waals surface area contributed by atoms with E-state index in [1.165, 1.54) is 24.3 Å². The van der Waals surface area contributed by atoms with Crippen LogP contribution in [0.15, 0.2) is 42.5 Å². The van der Waals surface area contributed by atoms with Gasteiger partial charge in [0.15, 0.2) is 0 Å². The molecule has 7 heteroatoms. The second kappa shape index (κ2) is 5.96. The molecular formula is C15H10O7. The van der Waals surface area contributed by atoms with Gasteiger partial charge in [-0.3, -0.25) is 0 Å². The van der Waals surface area contributed by atoms with E-state index in [1.807, 2.05) is 0 Å². The highest BCUT2D eigenvalue weighted by molar-refractivity contribution is 5.95. The van der Waals surface area contributed by atoms with Crippen LogP contribution in [0.25, 0.3) is 0 Å². The van der Waals surface area contributed by atoms with Crippen molar-refractivity contribution in [3.63, 3.8) is 0 Å². The van der Waals surface area contributed by atoms with E-state index in [0.29, 0.717) is 0 Å². The van der Waals surface area contributed by atoms with E-state index in [1.54, 1.807) is 0 Å². The standard InChI is InChI=1S/C15H10O7/c16-13(17)8-5-6-10(15(20)21)12(7-8)22-11-4-2-1-3-9(11)14(18)19/h1-7H,(H,16,17)(H,18,19)(H,20,21). The fourth-order valence-electron chi connectivity index (χ4n) is 1.77. The molecule has 0 atom stereocenters. The molecule has 0 aliphatic heterocycles. The van der Waals surface area contributed by atoms with E-state index >= 15 is 0 Å². The molecule has 0 saturated carbocycles. The second-order valence-corrected chi connectivity index (χ2v) is 4.22. The van der Waals surface area contributed by atoms with Gasteiger partial charge in [-0.2, -0.15) is 0 Å². The Morgan fingerprint density at radius 1 is 0.727 bits per heavy atom. The van der Waals surface area contributed by atoms with Crippen LogP contribution < -0.4 is 4.74 Å². The van der Waals surface area contributed by atoms with Crippen LogP contribution in [-0.2, 0) is 0 Å². The number of hydrogen-bond donors (Lipinski definition) is 3. The molecule has 0 spiro atoms. The minimum atomic E-state index is -1.32. The van der Waals surface area contributed by atoms with Crippen molar-refractivity contribution in [2.75, 3.05) is 0 Å². The minimum absolute atomic E-state index is 0.0833. The van der Waals surface area contributed by atoms with E-state index in [-0.39, 0.29) is 28.2 Å². The van der Waals surface area contributed by atoms with Crippen LogP contribution in [-0.4, -0.2) is 33.2 Å². The Labute approximate surface area is 124 Å². The van der Waals surface area contributed by atoms with Gasteiger partial charge in [-0.25, -0.2) is 14.4 Å². The Morgan fingerprint density at radius 2 is 1.32 bits per heavy atom. The third-order valence-corrected chi connectivity index (χ3v) is 2.80. The maximum Gasteiger partial charge on any atom is 0.339 e. The largest absolute Gasteiger partial charge is 0.478 e. The predicted molar refractivity (Wildman–Crippen MR) is 73.8 cm³/mol. The van der Waals surface area contributed by atoms with E-state index in [4.69, 9.17) is 20.1 Å². The van der Waals surface area contributed by atoms with Crippen LogP contribution in [0.2, 0.25) is 0 Å². The number of hydrogen-bond acceptors (Lipinski definition) is 4. The number of aromatic carboxylic acids is 3. The molecule has 0 radical (unpaired) electrons. The number of benzene rings is 2. The van der Waals surface area contributed by atoms with Gasteiger partial charge in [0.05, 0.1) is 5.56 Å². The summed E-state index contributed by atoms with van der Waals surface area (Å²) in [5.74, 6) is -4.16. The summed E-state index contributed by atoms with van der Waals surface area (Å²) in [4.78, 5) is 33.2. The quantitative estimate of drug-likeness (QED) is 0.776. The molecule has 0 amide bonds. The molecule has 0 saturated heterocycles. The number of para-hydroxylation sites is 1. The van der Waals surface area contributed by atoms with Crippen molar-refractivity contribution in [1.82, 2.24) is 0 Å². The van der Waals surface area contributed by atoms with Crippen molar-refractivity contribution in [2.24, 2.45) is 0 Å². The summed E-state index contributed by atoms with van der Waals surface area (Å²) in [6.07, 6.45) is 0. The van der Waals surface area contributed by atoms with E-state index < -0.39 is 17.9 Å². The zero-order chi connectivity index (χ0) is 16.3. The Bertz CT molecular complexity index is 764. The lowest BCUT2D eigenvalue weighted by molar-refractivity contribution is 0.0677. The Morgan fingerprint density at radius 3 is 1.91 bits per heavy atom. The highest BCUT2D eigenvalue weighted by atomic mass is 16.5. The van der Waals surface area contributed by atoms with Gasteiger partial charge in [0.2, 0.25) is 0 Å². The Hall–Kier alpha value is -3.35. The van der Waals surface area contributed by atoms with Crippen LogP contribution in [0.1, 0.15) is 31.1 Å². The molecule has 2 aromatic rings. The molecular weight excluding hydrogens is 292 g/mol. The van der Waals surface area contributed by atoms with Crippen LogP contribution in [0.5, 0.6) is 11.5 Å². The highest BCUT2D eigenvalue weighted by Gasteiger charge is 2.18. The van der Waals surface area contributed by atoms with Crippen molar-refractivity contribution in [2.45, 2.75) is 0 Å². The van der Waals surface area contributed by atoms with E-state index in [2.05, 4.69) is 0 Å². The molecule has 22 heavy (non-hydrogen) atoms. The zero-order valence-corrected chi connectivity index (χ0v) is 11.0. The summed E-state index contributed by atoms with van der Waals surface area (Å²) in [6, 6.07) is 8.89. The molecule has 0 aliphatic rings. The summed E-state index contributed by atoms with van der Waals surface area (Å²) in [6.45, 7) is 0. The zero-order valence-electron chi connectivity index (χ0n) is 11.0. The van der Waals surface area contributed by atoms with Crippen molar-refractivity contribution in [1.29, 1.82) is 0 Å². The van der Waals surface area contributed by atoms with Crippen LogP contribution in [0, 0.1) is 0 Å². The summed E-state index contributed by atoms with van der Waals surface area (Å²) < 4.78 is 5.33. The third kappa shape index (κ3) is 3.04. The average Bonchev–Trinajstić information content (AvgIpc) is 2.47. The number of carboxylic acid groups (broad SMARTS) is 3. The normalized spacial score (nSPS) is 10.0. The second-order valence-electron chi connectivity index (χ2n) is 4.22. The summed E-state index contributed by atoms with van der Waals surface area (Å²) in [5, 5.41) is 27.1. The Balaban J connectivity index is 2.52. The molecule has 0 unspecified atom stereocenters. The van der Waals surface area contributed by atoms with Gasteiger partial charge in [-0.05, 0) is 30.3 Å². The van der Waals surface area contributed by atoms with E-state index in [0.717, 1.165) is 18.2 Å². The van der Waals surface area contributed by atoms with Crippen LogP contribution >= 0.6 is 0 Å². The lowest BCUT2D eigenvalue weighted by Gasteiger charge is -2.11. The number of carboxylic acids is 3. The summed E-state index contributed by atoms with van der Waals surface area (Å²) >= 11 is 0. The number of ether oxygens (including phenoxy) is 1. The predicted octanol–water partition coefficient (Wildman–Crippen LogP) is 2.57. The molecule has 7 nitrogen and oxygen atoms in total. The first-order valence-electron chi connectivity index (χ1n) is 6.01. The highest BCUT2D eigenvalue weighted by Crippen LogP contribution is 2.29. The number of carbonyl (C=O) groups is 3. The van der Waals surface area contributed by atoms with Crippen LogP contribution in [0.4, 0.5) is 0 Å². The van der Waals surface area contributed by atoms with Gasteiger partial charge >= 0.3 is 17.9 Å². The first-order valence-corrected chi connectivity index (χ1v) is 6.01. The van der Waals surface area contributed by atoms with Gasteiger partial charge in [0.1, 0.15) is 22.6 Å². The SMILES string of the molecule is O=C(O)c1ccc(C(=O)O)c(Oc2ccccc2C(=O)O)c1. The fourth-order valence-corrected chi connectivity index (χ4v) is 1.77. The van der Waals surface area contributed by atoms with Gasteiger partial charge in [0, 0.05) is 0 Å². The topological polar surface area (TPSA) is 121 Å². The first-order chi connectivity index (χ1) is 10.4. The molecule has 0 aliphatic carbocycles. The summed E-state index contributed by atoms with van der Waals surface area (Å²) in [7, 11) is 0. The average molecular weight is 302 g/mol. The van der Waals surface area contributed by atoms with Gasteiger partial charge in [0.25, 0.3) is 0 Å². The van der Waals surface area contributed by atoms with Crippen molar-refractivity contribution >= 4 is 17.9 Å². The molecule has 2 rings (SSSR count).